The van der Waals surface area contributed by atoms with Gasteiger partial charge in [-0.25, -0.2) is 9.18 Å². The molecule has 9 rings (SSSR count). The Balaban J connectivity index is 0.692. The minimum Gasteiger partial charge on any atom is -0.352 e. The van der Waals surface area contributed by atoms with Crippen molar-refractivity contribution >= 4 is 51.3 Å². The average molecular weight is 950 g/mol. The van der Waals surface area contributed by atoms with Crippen LogP contribution in [-0.2, 0) is 37.6 Å². The molecule has 5 heterocycles. The maximum absolute atomic E-state index is 13.6. The van der Waals surface area contributed by atoms with Gasteiger partial charge in [-0.2, -0.15) is 0 Å². The number of nitrogens with zero attached hydrogens (tertiary/aromatic N) is 5. The molecule has 13 nitrogen and oxygen atoms in total. The minimum atomic E-state index is -0.722. The fourth-order valence-corrected chi connectivity index (χ4v) is 11.2. The van der Waals surface area contributed by atoms with Gasteiger partial charge in [-0.1, -0.05) is 60.4 Å². The van der Waals surface area contributed by atoms with Crippen molar-refractivity contribution in [3.05, 3.63) is 117 Å². The zero-order chi connectivity index (χ0) is 48.9. The van der Waals surface area contributed by atoms with E-state index in [-0.39, 0.29) is 65.4 Å². The molecule has 4 saturated heterocycles. The Morgan fingerprint density at radius 2 is 1.44 bits per heavy atom. The molecule has 4 aromatic carbocycles. The van der Waals surface area contributed by atoms with Crippen LogP contribution in [0.3, 0.4) is 0 Å². The third kappa shape index (κ3) is 10.7. The van der Waals surface area contributed by atoms with Gasteiger partial charge in [0.05, 0.1) is 11.0 Å². The van der Waals surface area contributed by atoms with Crippen LogP contribution in [0.1, 0.15) is 124 Å². The van der Waals surface area contributed by atoms with E-state index in [4.69, 9.17) is 0 Å². The van der Waals surface area contributed by atoms with Crippen LogP contribution in [0.2, 0.25) is 0 Å². The highest BCUT2D eigenvalue weighted by Crippen LogP contribution is 2.34. The first-order chi connectivity index (χ1) is 33.9. The molecule has 1 aromatic heterocycles. The molecule has 0 spiro atoms. The van der Waals surface area contributed by atoms with Gasteiger partial charge in [0.25, 0.3) is 0 Å². The van der Waals surface area contributed by atoms with E-state index in [2.05, 4.69) is 70.7 Å². The number of benzene rings is 4. The molecule has 0 bridgehead atoms. The SMILES string of the molecule is C[C@H](c1ccc(C#CC2CCN(C(=O)CCCCC(=O)N3CCC(c4ccc5c(c4)n(C)c(=O)n5C4CCC(=O)NC4=O)CC3)CC2)c2ccccc12)N1CCC(C(=O)NCc2cccc(F)c2)CC1. The van der Waals surface area contributed by atoms with E-state index in [9.17, 15) is 33.2 Å². The number of piperidine rings is 4. The Bertz CT molecular complexity index is 2910. The molecule has 2 N–H and O–H groups in total. The summed E-state index contributed by atoms with van der Waals surface area (Å²) in [6, 6.07) is 24.5. The zero-order valence-corrected chi connectivity index (χ0v) is 40.4. The summed E-state index contributed by atoms with van der Waals surface area (Å²) in [5.74, 6) is 6.67. The molecule has 4 fully saturated rings. The lowest BCUT2D eigenvalue weighted by Gasteiger charge is -2.36. The quantitative estimate of drug-likeness (QED) is 0.0762. The molecule has 2 atom stereocenters. The number of aryl methyl sites for hydroxylation is 1. The predicted molar refractivity (Wildman–Crippen MR) is 267 cm³/mol. The second-order valence-corrected chi connectivity index (χ2v) is 19.8. The lowest BCUT2D eigenvalue weighted by atomic mass is 9.89. The summed E-state index contributed by atoms with van der Waals surface area (Å²) in [4.78, 5) is 83.3. The fraction of sp³-hybridized carbons (Fsp3) is 0.464. The Morgan fingerprint density at radius 1 is 0.757 bits per heavy atom. The summed E-state index contributed by atoms with van der Waals surface area (Å²) >= 11 is 0. The van der Waals surface area contributed by atoms with Gasteiger partial charge in [0, 0.05) is 82.5 Å². The van der Waals surface area contributed by atoms with Crippen LogP contribution in [0, 0.1) is 29.5 Å². The molecule has 1 unspecified atom stereocenters. The number of amides is 5. The zero-order valence-electron chi connectivity index (χ0n) is 40.4. The van der Waals surface area contributed by atoms with Crippen molar-refractivity contribution in [2.24, 2.45) is 18.9 Å². The highest BCUT2D eigenvalue weighted by atomic mass is 19.1. The Kier molecular flexibility index (Phi) is 14.9. The second kappa shape index (κ2) is 21.6. The number of halogens is 1. The average Bonchev–Trinajstić information content (AvgIpc) is 3.63. The standard InChI is InChI=1S/C56H64FN7O6/c1-37(61-30-26-42(27-31-61)54(68)58-36-39-8-7-9-44(57)34-39)45-18-16-41(46-10-3-4-11-47(45)46)15-14-38-22-28-62(29-23-38)52(66)12-5-6-13-53(67)63-32-24-40(25-33-63)43-17-19-48-50(35-43)60(2)56(70)64(48)49-20-21-51(65)59-55(49)69/h3-4,7-11,16-19,34-35,37-38,40,42,49H,5-6,12-13,20-33,36H2,1-2H3,(H,58,68)(H,59,65,69)/t37-,49?/m1/s1. The number of likely N-dealkylation sites (tertiary alicyclic amines) is 3. The van der Waals surface area contributed by atoms with E-state index >= 15 is 0 Å². The van der Waals surface area contributed by atoms with Gasteiger partial charge in [0.15, 0.2) is 0 Å². The summed E-state index contributed by atoms with van der Waals surface area (Å²) in [6.45, 7) is 6.88. The van der Waals surface area contributed by atoms with Crippen molar-refractivity contribution in [3.8, 4) is 11.8 Å². The molecule has 5 aromatic rings. The first-order valence-electron chi connectivity index (χ1n) is 25.3. The normalized spacial score (nSPS) is 19.2. The number of imide groups is 1. The van der Waals surface area contributed by atoms with Crippen LogP contribution in [0.4, 0.5) is 4.39 Å². The van der Waals surface area contributed by atoms with Crippen molar-refractivity contribution in [2.45, 2.75) is 109 Å². The van der Waals surface area contributed by atoms with Gasteiger partial charge in [-0.3, -0.25) is 43.3 Å². The molecule has 4 aliphatic heterocycles. The summed E-state index contributed by atoms with van der Waals surface area (Å²) in [5, 5.41) is 7.68. The Hall–Kier alpha value is -6.59. The van der Waals surface area contributed by atoms with Crippen LogP contribution in [0.25, 0.3) is 21.8 Å². The number of rotatable bonds is 12. The Labute approximate surface area is 408 Å². The first kappa shape index (κ1) is 48.4. The molecule has 366 valence electrons. The number of unbranched alkanes of at least 4 members (excludes halogenated alkanes) is 1. The summed E-state index contributed by atoms with van der Waals surface area (Å²) in [5.41, 5.74) is 5.24. The van der Waals surface area contributed by atoms with Crippen LogP contribution < -0.4 is 16.3 Å². The van der Waals surface area contributed by atoms with Crippen LogP contribution >= 0.6 is 0 Å². The number of carbonyl (C=O) groups excluding carboxylic acids is 5. The van der Waals surface area contributed by atoms with Crippen LogP contribution in [-0.4, -0.2) is 92.6 Å². The number of carbonyl (C=O) groups is 5. The van der Waals surface area contributed by atoms with Crippen molar-refractivity contribution < 1.29 is 28.4 Å². The van der Waals surface area contributed by atoms with E-state index in [1.807, 2.05) is 34.1 Å². The van der Waals surface area contributed by atoms with Crippen LogP contribution in [0.5, 0.6) is 0 Å². The van der Waals surface area contributed by atoms with Gasteiger partial charge in [-0.15, -0.1) is 0 Å². The largest absolute Gasteiger partial charge is 0.352 e. The van der Waals surface area contributed by atoms with Gasteiger partial charge >= 0.3 is 5.69 Å². The number of hydrogen-bond acceptors (Lipinski definition) is 7. The number of hydrogen-bond donors (Lipinski definition) is 2. The maximum Gasteiger partial charge on any atom is 0.329 e. The van der Waals surface area contributed by atoms with E-state index < -0.39 is 11.9 Å². The molecular formula is C56H64FN7O6. The number of imidazole rings is 1. The predicted octanol–water partition coefficient (Wildman–Crippen LogP) is 7.26. The monoisotopic (exact) mass is 949 g/mol. The van der Waals surface area contributed by atoms with Gasteiger partial charge in [0.2, 0.25) is 29.5 Å². The molecule has 4 aliphatic rings. The third-order valence-corrected chi connectivity index (χ3v) is 15.5. The summed E-state index contributed by atoms with van der Waals surface area (Å²) in [6.07, 6.45) is 7.53. The molecular weight excluding hydrogens is 886 g/mol. The van der Waals surface area contributed by atoms with E-state index in [1.165, 1.54) is 27.6 Å². The van der Waals surface area contributed by atoms with Crippen molar-refractivity contribution in [1.82, 2.24) is 34.5 Å². The van der Waals surface area contributed by atoms with Gasteiger partial charge < -0.3 is 15.1 Å². The topological polar surface area (TPSA) is 146 Å². The molecule has 0 radical (unpaired) electrons. The molecule has 0 aliphatic carbocycles. The smallest absolute Gasteiger partial charge is 0.329 e. The van der Waals surface area contributed by atoms with E-state index in [0.29, 0.717) is 70.3 Å². The van der Waals surface area contributed by atoms with Gasteiger partial charge in [-0.05, 0) is 142 Å². The third-order valence-electron chi connectivity index (χ3n) is 15.5. The van der Waals surface area contributed by atoms with Crippen LogP contribution in [0.15, 0.2) is 83.7 Å². The molecule has 0 saturated carbocycles. The minimum absolute atomic E-state index is 0.0300. The lowest BCUT2D eigenvalue weighted by molar-refractivity contribution is -0.136. The van der Waals surface area contributed by atoms with Crippen molar-refractivity contribution in [2.75, 3.05) is 39.3 Å². The van der Waals surface area contributed by atoms with Crippen molar-refractivity contribution in [1.29, 1.82) is 0 Å². The summed E-state index contributed by atoms with van der Waals surface area (Å²) in [7, 11) is 1.70. The second-order valence-electron chi connectivity index (χ2n) is 19.8. The summed E-state index contributed by atoms with van der Waals surface area (Å²) < 4.78 is 16.7. The molecule has 70 heavy (non-hydrogen) atoms. The van der Waals surface area contributed by atoms with E-state index in [1.54, 1.807) is 17.7 Å². The lowest BCUT2D eigenvalue weighted by Crippen LogP contribution is -2.44. The van der Waals surface area contributed by atoms with E-state index in [0.717, 1.165) is 79.2 Å². The Morgan fingerprint density at radius 3 is 2.13 bits per heavy atom. The fourth-order valence-electron chi connectivity index (χ4n) is 11.2. The first-order valence-corrected chi connectivity index (χ1v) is 25.3. The van der Waals surface area contributed by atoms with Gasteiger partial charge in [0.1, 0.15) is 11.9 Å². The molecule has 14 heteroatoms. The number of nitrogens with one attached hydrogen (secondary N) is 2. The maximum atomic E-state index is 13.6. The highest BCUT2D eigenvalue weighted by Gasteiger charge is 2.33. The molecule has 5 amide bonds. The number of aromatic nitrogens is 2. The van der Waals surface area contributed by atoms with Crippen molar-refractivity contribution in [3.63, 3.8) is 0 Å². The number of fused-ring (bicyclic) bond motifs is 2. The highest BCUT2D eigenvalue weighted by molar-refractivity contribution is 6.00.